The lowest BCUT2D eigenvalue weighted by Crippen LogP contribution is -2.09. The quantitative estimate of drug-likeness (QED) is 0.709. The SMILES string of the molecule is Cc1ncc(-c2cc(OCc3ccccn3)nc3c2CCCC3)s1. The number of aromatic nitrogens is 3. The van der Waals surface area contributed by atoms with Gasteiger partial charge in [-0.15, -0.1) is 11.3 Å². The first-order chi connectivity index (χ1) is 11.8. The minimum absolute atomic E-state index is 0.438. The maximum Gasteiger partial charge on any atom is 0.214 e. The van der Waals surface area contributed by atoms with Crippen LogP contribution in [0.2, 0.25) is 0 Å². The fraction of sp³-hybridized carbons (Fsp3) is 0.316. The zero-order valence-corrected chi connectivity index (χ0v) is 14.5. The summed E-state index contributed by atoms with van der Waals surface area (Å²) in [6, 6.07) is 7.91. The first kappa shape index (κ1) is 15.3. The summed E-state index contributed by atoms with van der Waals surface area (Å²) in [7, 11) is 0. The van der Waals surface area contributed by atoms with Gasteiger partial charge >= 0.3 is 0 Å². The lowest BCUT2D eigenvalue weighted by molar-refractivity contribution is 0.288. The molecule has 0 unspecified atom stereocenters. The van der Waals surface area contributed by atoms with Crippen molar-refractivity contribution in [2.75, 3.05) is 0 Å². The molecule has 0 saturated carbocycles. The van der Waals surface area contributed by atoms with Crippen molar-refractivity contribution in [3.05, 3.63) is 58.6 Å². The largest absolute Gasteiger partial charge is 0.471 e. The third-order valence-corrected chi connectivity index (χ3v) is 5.20. The Balaban J connectivity index is 1.67. The third-order valence-electron chi connectivity index (χ3n) is 4.26. The molecule has 3 aromatic heterocycles. The first-order valence-electron chi connectivity index (χ1n) is 8.28. The van der Waals surface area contributed by atoms with Crippen molar-refractivity contribution >= 4 is 11.3 Å². The van der Waals surface area contributed by atoms with Crippen molar-refractivity contribution in [3.63, 3.8) is 0 Å². The number of fused-ring (bicyclic) bond motifs is 1. The molecule has 0 radical (unpaired) electrons. The van der Waals surface area contributed by atoms with Gasteiger partial charge in [-0.05, 0) is 50.3 Å². The van der Waals surface area contributed by atoms with E-state index >= 15 is 0 Å². The second-order valence-corrected chi connectivity index (χ2v) is 7.23. The highest BCUT2D eigenvalue weighted by Crippen LogP contribution is 2.36. The van der Waals surface area contributed by atoms with Crippen molar-refractivity contribution < 1.29 is 4.74 Å². The fourth-order valence-electron chi connectivity index (χ4n) is 3.09. The topological polar surface area (TPSA) is 47.9 Å². The second-order valence-electron chi connectivity index (χ2n) is 5.99. The van der Waals surface area contributed by atoms with Gasteiger partial charge in [0.1, 0.15) is 6.61 Å². The molecule has 1 aliphatic rings. The first-order valence-corrected chi connectivity index (χ1v) is 9.09. The minimum Gasteiger partial charge on any atom is -0.471 e. The normalized spacial score (nSPS) is 13.5. The van der Waals surface area contributed by atoms with Crippen LogP contribution in [0, 0.1) is 6.92 Å². The number of thiazole rings is 1. The van der Waals surface area contributed by atoms with Crippen LogP contribution in [0.1, 0.15) is 34.8 Å². The van der Waals surface area contributed by atoms with Crippen molar-refractivity contribution in [2.45, 2.75) is 39.2 Å². The molecular weight excluding hydrogens is 318 g/mol. The molecule has 0 atom stereocenters. The summed E-state index contributed by atoms with van der Waals surface area (Å²) in [5.74, 6) is 0.683. The van der Waals surface area contributed by atoms with Gasteiger partial charge in [-0.25, -0.2) is 9.97 Å². The monoisotopic (exact) mass is 337 g/mol. The molecule has 5 heteroatoms. The van der Waals surface area contributed by atoms with Crippen molar-refractivity contribution in [1.82, 2.24) is 15.0 Å². The molecule has 0 aliphatic heterocycles. The van der Waals surface area contributed by atoms with E-state index in [1.807, 2.05) is 31.3 Å². The van der Waals surface area contributed by atoms with E-state index in [1.54, 1.807) is 17.5 Å². The van der Waals surface area contributed by atoms with Gasteiger partial charge in [-0.1, -0.05) is 6.07 Å². The summed E-state index contributed by atoms with van der Waals surface area (Å²) < 4.78 is 5.94. The van der Waals surface area contributed by atoms with Crippen molar-refractivity contribution in [2.24, 2.45) is 0 Å². The van der Waals surface area contributed by atoms with Crippen LogP contribution in [-0.4, -0.2) is 15.0 Å². The van der Waals surface area contributed by atoms with Gasteiger partial charge in [-0.2, -0.15) is 0 Å². The van der Waals surface area contributed by atoms with E-state index in [4.69, 9.17) is 9.72 Å². The molecule has 122 valence electrons. The Morgan fingerprint density at radius 2 is 2.08 bits per heavy atom. The van der Waals surface area contributed by atoms with E-state index in [9.17, 15) is 0 Å². The number of hydrogen-bond donors (Lipinski definition) is 0. The number of pyridine rings is 2. The zero-order chi connectivity index (χ0) is 16.4. The fourth-order valence-corrected chi connectivity index (χ4v) is 3.91. The molecule has 3 aromatic rings. The van der Waals surface area contributed by atoms with E-state index in [1.165, 1.54) is 34.5 Å². The Bertz CT molecular complexity index is 845. The van der Waals surface area contributed by atoms with E-state index in [-0.39, 0.29) is 0 Å². The molecule has 0 saturated heterocycles. The predicted octanol–water partition coefficient (Wildman–Crippen LogP) is 4.37. The van der Waals surface area contributed by atoms with Gasteiger partial charge in [0.25, 0.3) is 0 Å². The number of hydrogen-bond acceptors (Lipinski definition) is 5. The van der Waals surface area contributed by atoms with Gasteiger partial charge < -0.3 is 4.74 Å². The molecule has 0 amide bonds. The van der Waals surface area contributed by atoms with Gasteiger partial charge in [0.2, 0.25) is 5.88 Å². The van der Waals surface area contributed by atoms with Crippen LogP contribution in [0.3, 0.4) is 0 Å². The van der Waals surface area contributed by atoms with Crippen LogP contribution < -0.4 is 4.74 Å². The van der Waals surface area contributed by atoms with Crippen LogP contribution in [0.4, 0.5) is 0 Å². The molecule has 0 aromatic carbocycles. The van der Waals surface area contributed by atoms with Crippen LogP contribution in [0.25, 0.3) is 10.4 Å². The Labute approximate surface area is 145 Å². The van der Waals surface area contributed by atoms with Crippen LogP contribution in [0.15, 0.2) is 36.7 Å². The molecule has 4 nitrogen and oxygen atoms in total. The van der Waals surface area contributed by atoms with Gasteiger partial charge in [-0.3, -0.25) is 4.98 Å². The molecule has 0 N–H and O–H groups in total. The molecule has 4 rings (SSSR count). The molecule has 24 heavy (non-hydrogen) atoms. The molecule has 3 heterocycles. The van der Waals surface area contributed by atoms with Crippen molar-refractivity contribution in [1.29, 1.82) is 0 Å². The van der Waals surface area contributed by atoms with Gasteiger partial charge in [0.15, 0.2) is 0 Å². The number of aryl methyl sites for hydroxylation is 2. The lowest BCUT2D eigenvalue weighted by Gasteiger charge is -2.19. The Morgan fingerprint density at radius 1 is 1.17 bits per heavy atom. The van der Waals surface area contributed by atoms with Crippen LogP contribution >= 0.6 is 11.3 Å². The van der Waals surface area contributed by atoms with E-state index in [0.717, 1.165) is 23.5 Å². The summed E-state index contributed by atoms with van der Waals surface area (Å²) in [5.41, 5.74) is 4.70. The number of ether oxygens (including phenoxy) is 1. The predicted molar refractivity (Wildman–Crippen MR) is 95.3 cm³/mol. The maximum absolute atomic E-state index is 5.94. The van der Waals surface area contributed by atoms with Gasteiger partial charge in [0.05, 0.1) is 15.6 Å². The lowest BCUT2D eigenvalue weighted by atomic mass is 9.92. The van der Waals surface area contributed by atoms with Crippen molar-refractivity contribution in [3.8, 4) is 16.3 Å². The molecule has 1 aliphatic carbocycles. The Hall–Kier alpha value is -2.27. The highest BCUT2D eigenvalue weighted by molar-refractivity contribution is 7.15. The maximum atomic E-state index is 5.94. The average Bonchev–Trinajstić information content (AvgIpc) is 3.06. The Kier molecular flexibility index (Phi) is 4.26. The van der Waals surface area contributed by atoms with E-state index < -0.39 is 0 Å². The third kappa shape index (κ3) is 3.17. The summed E-state index contributed by atoms with van der Waals surface area (Å²) >= 11 is 1.73. The van der Waals surface area contributed by atoms with E-state index in [0.29, 0.717) is 12.5 Å². The molecule has 0 bridgehead atoms. The summed E-state index contributed by atoms with van der Waals surface area (Å²) in [6.07, 6.45) is 8.30. The van der Waals surface area contributed by atoms with Crippen LogP contribution in [0.5, 0.6) is 5.88 Å². The van der Waals surface area contributed by atoms with E-state index in [2.05, 4.69) is 16.0 Å². The average molecular weight is 337 g/mol. The number of rotatable bonds is 4. The summed E-state index contributed by atoms with van der Waals surface area (Å²) in [4.78, 5) is 14.7. The number of nitrogens with zero attached hydrogens (tertiary/aromatic N) is 3. The standard InChI is InChI=1S/C19H19N3OS/c1-13-21-11-18(24-13)16-10-19(22-17-8-3-2-7-15(16)17)23-12-14-6-4-5-9-20-14/h4-6,9-11H,2-3,7-8,12H2,1H3. The smallest absolute Gasteiger partial charge is 0.214 e. The zero-order valence-electron chi connectivity index (χ0n) is 13.7. The Morgan fingerprint density at radius 3 is 2.88 bits per heavy atom. The highest BCUT2D eigenvalue weighted by Gasteiger charge is 2.19. The van der Waals surface area contributed by atoms with Gasteiger partial charge in [0, 0.05) is 29.7 Å². The highest BCUT2D eigenvalue weighted by atomic mass is 32.1. The van der Waals surface area contributed by atoms with Crippen LogP contribution in [-0.2, 0) is 19.4 Å². The molecule has 0 spiro atoms. The second kappa shape index (κ2) is 6.69. The summed E-state index contributed by atoms with van der Waals surface area (Å²) in [6.45, 7) is 2.48. The summed E-state index contributed by atoms with van der Waals surface area (Å²) in [5, 5.41) is 1.09. The minimum atomic E-state index is 0.438. The molecule has 0 fully saturated rings. The molecular formula is C19H19N3OS.